The second-order valence-electron chi connectivity index (χ2n) is 6.37. The van der Waals surface area contributed by atoms with E-state index in [0.717, 1.165) is 0 Å². The van der Waals surface area contributed by atoms with E-state index >= 15 is 0 Å². The molecule has 3 aromatic carbocycles. The van der Waals surface area contributed by atoms with E-state index < -0.39 is 5.97 Å². The average molecular weight is 374 g/mol. The third-order valence-corrected chi connectivity index (χ3v) is 4.39. The lowest BCUT2D eigenvalue weighted by Crippen LogP contribution is -2.34. The van der Waals surface area contributed by atoms with Crippen molar-refractivity contribution in [3.8, 4) is 11.5 Å². The molecule has 0 spiro atoms. The van der Waals surface area contributed by atoms with E-state index in [2.05, 4.69) is 0 Å². The molecule has 0 aromatic heterocycles. The molecule has 0 radical (unpaired) electrons. The number of hydrogen-bond acceptors (Lipinski definition) is 5. The number of hydrogen-bond donors (Lipinski definition) is 0. The third kappa shape index (κ3) is 3.88. The van der Waals surface area contributed by atoms with Gasteiger partial charge in [0.1, 0.15) is 13.2 Å². The number of carbonyl (C=O) groups excluding carboxylic acids is 2. The van der Waals surface area contributed by atoms with Crippen LogP contribution in [-0.2, 0) is 4.74 Å². The molecule has 1 aliphatic heterocycles. The molecular weight excluding hydrogens is 356 g/mol. The van der Waals surface area contributed by atoms with Gasteiger partial charge in [-0.05, 0) is 24.3 Å². The Kier molecular flexibility index (Phi) is 5.06. The smallest absolute Gasteiger partial charge is 0.338 e. The fourth-order valence-corrected chi connectivity index (χ4v) is 2.91. The van der Waals surface area contributed by atoms with Crippen LogP contribution in [0.25, 0.3) is 0 Å². The summed E-state index contributed by atoms with van der Waals surface area (Å²) in [7, 11) is 0. The molecular formula is C23H18O5. The Morgan fingerprint density at radius 2 is 1.39 bits per heavy atom. The van der Waals surface area contributed by atoms with E-state index in [0.29, 0.717) is 34.8 Å². The fraction of sp³-hybridized carbons (Fsp3) is 0.130. The molecule has 1 heterocycles. The Labute approximate surface area is 162 Å². The summed E-state index contributed by atoms with van der Waals surface area (Å²) in [6.07, 6.45) is -0.363. The molecule has 5 heteroatoms. The molecule has 0 unspecified atom stereocenters. The third-order valence-electron chi connectivity index (χ3n) is 4.39. The van der Waals surface area contributed by atoms with E-state index in [1.807, 2.05) is 42.5 Å². The van der Waals surface area contributed by atoms with Crippen LogP contribution in [0.2, 0.25) is 0 Å². The van der Waals surface area contributed by atoms with E-state index in [1.165, 1.54) is 0 Å². The first-order valence-electron chi connectivity index (χ1n) is 8.96. The van der Waals surface area contributed by atoms with Crippen LogP contribution < -0.4 is 9.47 Å². The summed E-state index contributed by atoms with van der Waals surface area (Å²) >= 11 is 0. The summed E-state index contributed by atoms with van der Waals surface area (Å²) in [5, 5.41) is 0. The van der Waals surface area contributed by atoms with Crippen LogP contribution in [0.3, 0.4) is 0 Å². The Bertz CT molecular complexity index is 979. The molecule has 0 fully saturated rings. The van der Waals surface area contributed by atoms with Gasteiger partial charge >= 0.3 is 5.97 Å². The minimum absolute atomic E-state index is 0.0812. The van der Waals surface area contributed by atoms with Gasteiger partial charge in [-0.3, -0.25) is 4.79 Å². The zero-order valence-corrected chi connectivity index (χ0v) is 15.0. The molecule has 0 saturated carbocycles. The molecule has 4 rings (SSSR count). The van der Waals surface area contributed by atoms with Crippen molar-refractivity contribution in [2.24, 2.45) is 0 Å². The van der Waals surface area contributed by atoms with Crippen molar-refractivity contribution in [3.63, 3.8) is 0 Å². The second kappa shape index (κ2) is 7.96. The number of benzene rings is 3. The van der Waals surface area contributed by atoms with Crippen molar-refractivity contribution >= 4 is 11.8 Å². The lowest BCUT2D eigenvalue weighted by Gasteiger charge is -2.26. The maximum atomic E-state index is 12.4. The zero-order valence-electron chi connectivity index (χ0n) is 15.0. The van der Waals surface area contributed by atoms with Gasteiger partial charge in [-0.15, -0.1) is 0 Å². The van der Waals surface area contributed by atoms with Crippen molar-refractivity contribution in [1.29, 1.82) is 0 Å². The first-order chi connectivity index (χ1) is 13.7. The van der Waals surface area contributed by atoms with Gasteiger partial charge in [-0.25, -0.2) is 4.79 Å². The largest absolute Gasteiger partial charge is 0.486 e. The molecule has 3 aromatic rings. The molecule has 0 N–H and O–H groups in total. The van der Waals surface area contributed by atoms with E-state index in [9.17, 15) is 9.59 Å². The van der Waals surface area contributed by atoms with Crippen molar-refractivity contribution in [3.05, 3.63) is 95.6 Å². The average Bonchev–Trinajstić information content (AvgIpc) is 2.77. The Hall–Kier alpha value is -3.60. The van der Waals surface area contributed by atoms with E-state index in [4.69, 9.17) is 14.2 Å². The number of rotatable bonds is 5. The Morgan fingerprint density at radius 3 is 2.14 bits per heavy atom. The van der Waals surface area contributed by atoms with Crippen LogP contribution in [0.4, 0.5) is 0 Å². The minimum atomic E-state index is -0.471. The van der Waals surface area contributed by atoms with Crippen LogP contribution in [0.5, 0.6) is 11.5 Å². The molecule has 5 nitrogen and oxygen atoms in total. The van der Waals surface area contributed by atoms with Crippen LogP contribution >= 0.6 is 0 Å². The Balaban J connectivity index is 1.35. The predicted octanol–water partition coefficient (Wildman–Crippen LogP) is 3.91. The molecule has 1 aliphatic rings. The topological polar surface area (TPSA) is 61.8 Å². The zero-order chi connectivity index (χ0) is 19.3. The quantitative estimate of drug-likeness (QED) is 0.500. The van der Waals surface area contributed by atoms with Crippen LogP contribution in [0, 0.1) is 0 Å². The van der Waals surface area contributed by atoms with Gasteiger partial charge in [-0.2, -0.15) is 0 Å². The van der Waals surface area contributed by atoms with Crippen LogP contribution in [-0.4, -0.2) is 31.1 Å². The van der Waals surface area contributed by atoms with Gasteiger partial charge < -0.3 is 14.2 Å². The fourth-order valence-electron chi connectivity index (χ4n) is 2.91. The van der Waals surface area contributed by atoms with Crippen LogP contribution in [0.1, 0.15) is 26.3 Å². The molecule has 0 amide bonds. The van der Waals surface area contributed by atoms with Gasteiger partial charge in [0.25, 0.3) is 0 Å². The number of esters is 1. The summed E-state index contributed by atoms with van der Waals surface area (Å²) in [5.41, 5.74) is 1.50. The minimum Gasteiger partial charge on any atom is -0.486 e. The SMILES string of the molecule is O=C(OC[C@@H]1COc2ccccc2O1)c1ccc(C(=O)c2ccccc2)cc1. The second-order valence-corrected chi connectivity index (χ2v) is 6.37. The number of para-hydroxylation sites is 2. The van der Waals surface area contributed by atoms with Gasteiger partial charge in [0.05, 0.1) is 5.56 Å². The first kappa shape index (κ1) is 17.8. The summed E-state index contributed by atoms with van der Waals surface area (Å²) < 4.78 is 16.7. The van der Waals surface area contributed by atoms with Crippen molar-refractivity contribution < 1.29 is 23.8 Å². The van der Waals surface area contributed by atoms with E-state index in [-0.39, 0.29) is 18.5 Å². The van der Waals surface area contributed by atoms with Crippen molar-refractivity contribution in [1.82, 2.24) is 0 Å². The highest BCUT2D eigenvalue weighted by Gasteiger charge is 2.22. The predicted molar refractivity (Wildman–Crippen MR) is 103 cm³/mol. The van der Waals surface area contributed by atoms with Gasteiger partial charge in [0.15, 0.2) is 23.4 Å². The highest BCUT2D eigenvalue weighted by Crippen LogP contribution is 2.30. The van der Waals surface area contributed by atoms with Gasteiger partial charge in [-0.1, -0.05) is 54.6 Å². The van der Waals surface area contributed by atoms with Crippen molar-refractivity contribution in [2.45, 2.75) is 6.10 Å². The molecule has 0 bridgehead atoms. The monoisotopic (exact) mass is 374 g/mol. The van der Waals surface area contributed by atoms with Gasteiger partial charge in [0.2, 0.25) is 0 Å². The highest BCUT2D eigenvalue weighted by molar-refractivity contribution is 6.09. The Morgan fingerprint density at radius 1 is 0.786 bits per heavy atom. The van der Waals surface area contributed by atoms with Crippen molar-refractivity contribution in [2.75, 3.05) is 13.2 Å². The lowest BCUT2D eigenvalue weighted by molar-refractivity contribution is 0.0109. The summed E-state index contributed by atoms with van der Waals surface area (Å²) in [6, 6.07) is 22.8. The normalized spacial score (nSPS) is 14.9. The number of fused-ring (bicyclic) bond motifs is 1. The molecule has 28 heavy (non-hydrogen) atoms. The molecule has 0 aliphatic carbocycles. The summed E-state index contributed by atoms with van der Waals surface area (Å²) in [4.78, 5) is 24.7. The lowest BCUT2D eigenvalue weighted by atomic mass is 10.0. The number of ketones is 1. The summed E-state index contributed by atoms with van der Waals surface area (Å²) in [6.45, 7) is 0.396. The number of carbonyl (C=O) groups is 2. The highest BCUT2D eigenvalue weighted by atomic mass is 16.6. The van der Waals surface area contributed by atoms with Gasteiger partial charge in [0, 0.05) is 11.1 Å². The standard InChI is InChI=1S/C23H18O5/c24-22(16-6-2-1-3-7-16)17-10-12-18(13-11-17)23(25)27-15-19-14-26-20-8-4-5-9-21(20)28-19/h1-13,19H,14-15H2/t19-/m0/s1. The maximum Gasteiger partial charge on any atom is 0.338 e. The van der Waals surface area contributed by atoms with E-state index in [1.54, 1.807) is 36.4 Å². The molecule has 140 valence electrons. The van der Waals surface area contributed by atoms with Crippen LogP contribution in [0.15, 0.2) is 78.9 Å². The maximum absolute atomic E-state index is 12.4. The number of ether oxygens (including phenoxy) is 3. The summed E-state index contributed by atoms with van der Waals surface area (Å²) in [5.74, 6) is 0.760. The molecule has 0 saturated heterocycles. The first-order valence-corrected chi connectivity index (χ1v) is 8.96. The molecule has 1 atom stereocenters.